The molecule has 1 rings (SSSR count). The summed E-state index contributed by atoms with van der Waals surface area (Å²) >= 11 is 0. The summed E-state index contributed by atoms with van der Waals surface area (Å²) in [6.07, 6.45) is -9.30. The summed E-state index contributed by atoms with van der Waals surface area (Å²) in [7, 11) is 0. The molecule has 0 saturated carbocycles. The predicted molar refractivity (Wildman–Crippen MR) is 82.9 cm³/mol. The van der Waals surface area contributed by atoms with Gasteiger partial charge in [0.1, 0.15) is 6.04 Å². The lowest BCUT2D eigenvalue weighted by atomic mass is 10.1. The van der Waals surface area contributed by atoms with E-state index in [0.717, 1.165) is 0 Å². The number of carbonyl (C=O) groups is 2. The summed E-state index contributed by atoms with van der Waals surface area (Å²) in [6.45, 7) is 0.295. The van der Waals surface area contributed by atoms with Gasteiger partial charge in [-0.05, 0) is 44.0 Å². The zero-order valence-corrected chi connectivity index (χ0v) is 13.7. The Hall–Kier alpha value is -2.50. The maximum absolute atomic E-state index is 12.8. The molecule has 1 aromatic rings. The molecule has 0 fully saturated rings. The molecule has 0 heterocycles. The summed E-state index contributed by atoms with van der Waals surface area (Å²) in [5, 5.41) is 12.8. The van der Waals surface area contributed by atoms with E-state index in [0.29, 0.717) is 31.5 Å². The molecule has 6 nitrogen and oxygen atoms in total. The fraction of sp³-hybridized carbons (Fsp3) is 0.467. The molecule has 27 heavy (non-hydrogen) atoms. The van der Waals surface area contributed by atoms with E-state index in [1.54, 1.807) is 5.32 Å². The number of nitrogens with two attached hydrogens (primary N) is 1. The fourth-order valence-corrected chi connectivity index (χ4v) is 2.10. The van der Waals surface area contributed by atoms with Crippen LogP contribution in [0.2, 0.25) is 0 Å². The van der Waals surface area contributed by atoms with Gasteiger partial charge in [-0.2, -0.15) is 26.3 Å². The number of carbonyl (C=O) groups excluding carboxylic acids is 1. The Balaban J connectivity index is 2.98. The Morgan fingerprint density at radius 1 is 1.00 bits per heavy atom. The smallest absolute Gasteiger partial charge is 0.416 e. The van der Waals surface area contributed by atoms with Crippen LogP contribution in [0.1, 0.15) is 30.4 Å². The van der Waals surface area contributed by atoms with Gasteiger partial charge >= 0.3 is 24.4 Å². The lowest BCUT2D eigenvalue weighted by molar-refractivity contribution is -0.143. The summed E-state index contributed by atoms with van der Waals surface area (Å²) in [5.74, 6) is -1.40. The van der Waals surface area contributed by atoms with Crippen molar-refractivity contribution >= 4 is 17.7 Å². The Morgan fingerprint density at radius 3 is 1.93 bits per heavy atom. The second kappa shape index (κ2) is 8.93. The van der Waals surface area contributed by atoms with Gasteiger partial charge in [-0.3, -0.25) is 0 Å². The van der Waals surface area contributed by atoms with Crippen LogP contribution in [0.15, 0.2) is 18.2 Å². The summed E-state index contributed by atoms with van der Waals surface area (Å²) in [6, 6.07) is -2.07. The number of unbranched alkanes of at least 4 members (excludes halogenated alkanes) is 1. The maximum atomic E-state index is 12.8. The monoisotopic (exact) mass is 401 g/mol. The number of hydrogen-bond donors (Lipinski definition) is 4. The number of carboxylic acids is 1. The lowest BCUT2D eigenvalue weighted by Crippen LogP contribution is -2.43. The zero-order valence-electron chi connectivity index (χ0n) is 13.7. The summed E-state index contributed by atoms with van der Waals surface area (Å²) < 4.78 is 76.7. The van der Waals surface area contributed by atoms with Gasteiger partial charge in [-0.15, -0.1) is 0 Å². The van der Waals surface area contributed by atoms with Crippen LogP contribution in [0.5, 0.6) is 0 Å². The molecule has 12 heteroatoms. The molecule has 1 unspecified atom stereocenters. The number of carboxylic acid groups (broad SMARTS) is 1. The number of alkyl halides is 6. The summed E-state index contributed by atoms with van der Waals surface area (Å²) in [5.41, 5.74) is 1.27. The van der Waals surface area contributed by atoms with Gasteiger partial charge in [-0.25, -0.2) is 9.59 Å². The third-order valence-electron chi connectivity index (χ3n) is 3.40. The number of hydrogen-bond acceptors (Lipinski definition) is 3. The first kappa shape index (κ1) is 22.5. The van der Waals surface area contributed by atoms with Crippen molar-refractivity contribution in [2.45, 2.75) is 37.7 Å². The van der Waals surface area contributed by atoms with Gasteiger partial charge in [0.2, 0.25) is 0 Å². The minimum absolute atomic E-state index is 0.00363. The quantitative estimate of drug-likeness (QED) is 0.415. The molecular formula is C15H17F6N3O3. The average Bonchev–Trinajstić information content (AvgIpc) is 2.52. The Bertz CT molecular complexity index is 643. The predicted octanol–water partition coefficient (Wildman–Crippen LogP) is 3.43. The van der Waals surface area contributed by atoms with Crippen LogP contribution in [0.4, 0.5) is 36.8 Å². The first-order valence-corrected chi connectivity index (χ1v) is 7.64. The highest BCUT2D eigenvalue weighted by molar-refractivity contribution is 5.92. The molecule has 0 bridgehead atoms. The highest BCUT2D eigenvalue weighted by Crippen LogP contribution is 2.37. The van der Waals surface area contributed by atoms with Gasteiger partial charge in [-0.1, -0.05) is 0 Å². The van der Waals surface area contributed by atoms with Crippen LogP contribution >= 0.6 is 0 Å². The van der Waals surface area contributed by atoms with Crippen LogP contribution in [-0.4, -0.2) is 29.7 Å². The third-order valence-corrected chi connectivity index (χ3v) is 3.40. The van der Waals surface area contributed by atoms with E-state index in [1.165, 1.54) is 0 Å². The van der Waals surface area contributed by atoms with Crippen molar-refractivity contribution in [3.05, 3.63) is 29.3 Å². The molecule has 2 amide bonds. The third kappa shape index (κ3) is 7.33. The molecule has 0 spiro atoms. The van der Waals surface area contributed by atoms with E-state index in [-0.39, 0.29) is 12.5 Å². The van der Waals surface area contributed by atoms with Crippen molar-refractivity contribution in [1.82, 2.24) is 5.32 Å². The van der Waals surface area contributed by atoms with E-state index in [9.17, 15) is 35.9 Å². The van der Waals surface area contributed by atoms with Gasteiger partial charge in [0, 0.05) is 5.69 Å². The molecule has 1 aromatic carbocycles. The van der Waals surface area contributed by atoms with Crippen molar-refractivity contribution in [3.63, 3.8) is 0 Å². The minimum Gasteiger partial charge on any atom is -0.480 e. The SMILES string of the molecule is NCCCCC(NC(=O)Nc1cc(C(F)(F)F)cc(C(F)(F)F)c1)C(=O)O. The lowest BCUT2D eigenvalue weighted by Gasteiger charge is -2.17. The molecular weight excluding hydrogens is 384 g/mol. The van der Waals surface area contributed by atoms with Gasteiger partial charge in [0.25, 0.3) is 0 Å². The van der Waals surface area contributed by atoms with E-state index >= 15 is 0 Å². The highest BCUT2D eigenvalue weighted by Gasteiger charge is 2.37. The molecule has 0 aliphatic heterocycles. The van der Waals surface area contributed by atoms with Crippen molar-refractivity contribution in [2.75, 3.05) is 11.9 Å². The molecule has 5 N–H and O–H groups in total. The van der Waals surface area contributed by atoms with E-state index in [2.05, 4.69) is 0 Å². The number of urea groups is 1. The zero-order chi connectivity index (χ0) is 20.8. The molecule has 0 saturated heterocycles. The molecule has 0 aromatic heterocycles. The largest absolute Gasteiger partial charge is 0.480 e. The van der Waals surface area contributed by atoms with E-state index < -0.39 is 47.2 Å². The number of halogens is 6. The van der Waals surface area contributed by atoms with Crippen LogP contribution < -0.4 is 16.4 Å². The standard InChI is InChI=1S/C15H17F6N3O3/c16-14(17,18)8-5-9(15(19,20)21)7-10(6-8)23-13(27)24-11(12(25)26)3-1-2-4-22/h5-7,11H,1-4,22H2,(H,25,26)(H2,23,24,27). The van der Waals surface area contributed by atoms with Crippen LogP contribution in [-0.2, 0) is 17.1 Å². The Kier molecular flexibility index (Phi) is 7.46. The highest BCUT2D eigenvalue weighted by atomic mass is 19.4. The first-order valence-electron chi connectivity index (χ1n) is 7.64. The summed E-state index contributed by atoms with van der Waals surface area (Å²) in [4.78, 5) is 22.9. The Labute approximate surface area is 149 Å². The molecule has 0 aliphatic rings. The molecule has 1 atom stereocenters. The molecule has 0 aliphatic carbocycles. The van der Waals surface area contributed by atoms with Crippen molar-refractivity contribution < 1.29 is 41.0 Å². The topological polar surface area (TPSA) is 104 Å². The number of rotatable bonds is 7. The number of benzene rings is 1. The molecule has 0 radical (unpaired) electrons. The number of aliphatic carboxylic acids is 1. The van der Waals surface area contributed by atoms with Gasteiger partial charge in [0.05, 0.1) is 11.1 Å². The fourth-order valence-electron chi connectivity index (χ4n) is 2.10. The van der Waals surface area contributed by atoms with E-state index in [4.69, 9.17) is 10.8 Å². The number of amides is 2. The van der Waals surface area contributed by atoms with Crippen molar-refractivity contribution in [3.8, 4) is 0 Å². The maximum Gasteiger partial charge on any atom is 0.416 e. The number of anilines is 1. The second-order valence-electron chi connectivity index (χ2n) is 5.57. The van der Waals surface area contributed by atoms with E-state index in [1.807, 2.05) is 5.32 Å². The van der Waals surface area contributed by atoms with Gasteiger partial charge < -0.3 is 21.5 Å². The van der Waals surface area contributed by atoms with Crippen molar-refractivity contribution in [2.24, 2.45) is 5.73 Å². The Morgan fingerprint density at radius 2 is 1.52 bits per heavy atom. The van der Waals surface area contributed by atoms with Crippen LogP contribution in [0.25, 0.3) is 0 Å². The number of nitrogens with one attached hydrogen (secondary N) is 2. The van der Waals surface area contributed by atoms with Crippen LogP contribution in [0, 0.1) is 0 Å². The normalized spacial score (nSPS) is 13.1. The average molecular weight is 401 g/mol. The first-order chi connectivity index (χ1) is 12.3. The van der Waals surface area contributed by atoms with Gasteiger partial charge in [0.15, 0.2) is 0 Å². The van der Waals surface area contributed by atoms with Crippen LogP contribution in [0.3, 0.4) is 0 Å². The molecule has 152 valence electrons. The minimum atomic E-state index is -5.07. The van der Waals surface area contributed by atoms with Crippen molar-refractivity contribution in [1.29, 1.82) is 0 Å². The second-order valence-corrected chi connectivity index (χ2v) is 5.57.